The molecular weight excluding hydrogens is 537 g/mol. The average Bonchev–Trinajstić information content (AvgIpc) is 3.43. The number of urea groups is 1. The third-order valence-corrected chi connectivity index (χ3v) is 7.04. The van der Waals surface area contributed by atoms with E-state index in [1.807, 2.05) is 31.2 Å². The summed E-state index contributed by atoms with van der Waals surface area (Å²) < 4.78 is 18.5. The van der Waals surface area contributed by atoms with Crippen LogP contribution in [-0.2, 0) is 6.54 Å². The number of amides is 4. The number of aryl methyl sites for hydroxylation is 1. The largest absolute Gasteiger partial charge is 0.459 e. The van der Waals surface area contributed by atoms with Gasteiger partial charge in [0.2, 0.25) is 0 Å². The molecule has 9 nitrogen and oxygen atoms in total. The predicted octanol–water partition coefficient (Wildman–Crippen LogP) is 5.65. The van der Waals surface area contributed by atoms with Crippen molar-refractivity contribution in [2.24, 2.45) is 0 Å². The first kappa shape index (κ1) is 28.4. The number of furan rings is 1. The molecule has 216 valence electrons. The molecule has 2 heterocycles. The number of carbonyl (C=O) groups is 3. The van der Waals surface area contributed by atoms with Gasteiger partial charge < -0.3 is 30.2 Å². The van der Waals surface area contributed by atoms with Crippen LogP contribution in [0, 0.1) is 12.7 Å². The van der Waals surface area contributed by atoms with Crippen molar-refractivity contribution in [1.29, 1.82) is 0 Å². The number of hydrogen-bond donors (Lipinski definition) is 3. The van der Waals surface area contributed by atoms with Crippen molar-refractivity contribution in [3.63, 3.8) is 0 Å². The lowest BCUT2D eigenvalue weighted by molar-refractivity contribution is 0.0949. The summed E-state index contributed by atoms with van der Waals surface area (Å²) in [6.45, 7) is 4.37. The molecule has 1 aliphatic heterocycles. The van der Waals surface area contributed by atoms with Gasteiger partial charge in [-0.2, -0.15) is 0 Å². The third kappa shape index (κ3) is 7.14. The lowest BCUT2D eigenvalue weighted by atomic mass is 10.1. The van der Waals surface area contributed by atoms with E-state index in [0.717, 1.165) is 16.8 Å². The van der Waals surface area contributed by atoms with Gasteiger partial charge >= 0.3 is 6.03 Å². The molecule has 0 spiro atoms. The highest BCUT2D eigenvalue weighted by Gasteiger charge is 2.23. The second-order valence-electron chi connectivity index (χ2n) is 10.1. The molecule has 3 N–H and O–H groups in total. The van der Waals surface area contributed by atoms with Crippen LogP contribution in [-0.4, -0.2) is 48.9 Å². The predicted molar refractivity (Wildman–Crippen MR) is 159 cm³/mol. The standard InChI is InChI=1S/C32H32FN5O4/c1-22-5-11-25(12-6-22)36-32(41)38-16-3-15-37(17-18-38)28-14-13-26(35-31(40)29-4-2-19-42-29)20-27(28)30(39)34-21-23-7-9-24(33)10-8-23/h2,4-14,19-20H,3,15-18,21H2,1H3,(H,34,39)(H,35,40)(H,36,41). The van der Waals surface area contributed by atoms with Crippen molar-refractivity contribution in [3.05, 3.63) is 113 Å². The molecule has 1 fully saturated rings. The molecule has 1 saturated heterocycles. The van der Waals surface area contributed by atoms with E-state index in [9.17, 15) is 18.8 Å². The molecular formula is C32H32FN5O4. The number of nitrogens with zero attached hydrogens (tertiary/aromatic N) is 2. The molecule has 4 aromatic rings. The van der Waals surface area contributed by atoms with Gasteiger partial charge in [0.25, 0.3) is 11.8 Å². The molecule has 0 radical (unpaired) electrons. The van der Waals surface area contributed by atoms with Gasteiger partial charge in [-0.1, -0.05) is 29.8 Å². The summed E-state index contributed by atoms with van der Waals surface area (Å²) in [7, 11) is 0. The fourth-order valence-electron chi connectivity index (χ4n) is 4.75. The molecule has 0 bridgehead atoms. The van der Waals surface area contributed by atoms with Crippen molar-refractivity contribution in [3.8, 4) is 0 Å². The van der Waals surface area contributed by atoms with Crippen molar-refractivity contribution in [2.45, 2.75) is 19.9 Å². The van der Waals surface area contributed by atoms with E-state index in [4.69, 9.17) is 4.42 Å². The third-order valence-electron chi connectivity index (χ3n) is 7.04. The lowest BCUT2D eigenvalue weighted by Gasteiger charge is -2.26. The van der Waals surface area contributed by atoms with E-state index in [0.29, 0.717) is 49.5 Å². The molecule has 0 unspecified atom stereocenters. The molecule has 10 heteroatoms. The van der Waals surface area contributed by atoms with Crippen LogP contribution in [0.25, 0.3) is 0 Å². The van der Waals surface area contributed by atoms with Crippen LogP contribution in [0.5, 0.6) is 0 Å². The Bertz CT molecular complexity index is 1540. The molecule has 1 aliphatic rings. The zero-order valence-corrected chi connectivity index (χ0v) is 23.2. The second kappa shape index (κ2) is 13.0. The second-order valence-corrected chi connectivity index (χ2v) is 10.1. The van der Waals surface area contributed by atoms with Crippen molar-refractivity contribution >= 4 is 34.9 Å². The molecule has 0 saturated carbocycles. The first-order valence-corrected chi connectivity index (χ1v) is 13.7. The van der Waals surface area contributed by atoms with Gasteiger partial charge in [-0.15, -0.1) is 0 Å². The van der Waals surface area contributed by atoms with Gasteiger partial charge in [-0.3, -0.25) is 9.59 Å². The maximum Gasteiger partial charge on any atom is 0.321 e. The van der Waals surface area contributed by atoms with E-state index < -0.39 is 5.91 Å². The van der Waals surface area contributed by atoms with Crippen LogP contribution in [0.3, 0.4) is 0 Å². The number of nitrogens with one attached hydrogen (secondary N) is 3. The molecule has 1 aromatic heterocycles. The fraction of sp³-hybridized carbons (Fsp3) is 0.219. The quantitative estimate of drug-likeness (QED) is 0.267. The van der Waals surface area contributed by atoms with Crippen LogP contribution in [0.1, 0.15) is 38.5 Å². The van der Waals surface area contributed by atoms with E-state index in [1.54, 1.807) is 47.4 Å². The van der Waals surface area contributed by atoms with Crippen LogP contribution in [0.4, 0.5) is 26.2 Å². The summed E-state index contributed by atoms with van der Waals surface area (Å²) in [5, 5.41) is 8.64. The summed E-state index contributed by atoms with van der Waals surface area (Å²) >= 11 is 0. The Morgan fingerprint density at radius 3 is 2.33 bits per heavy atom. The summed E-state index contributed by atoms with van der Waals surface area (Å²) in [6.07, 6.45) is 2.12. The monoisotopic (exact) mass is 569 g/mol. The van der Waals surface area contributed by atoms with Gasteiger partial charge in [0, 0.05) is 49.8 Å². The maximum atomic E-state index is 13.5. The normalized spacial score (nSPS) is 13.3. The Labute approximate surface area is 243 Å². The molecule has 42 heavy (non-hydrogen) atoms. The average molecular weight is 570 g/mol. The van der Waals surface area contributed by atoms with E-state index >= 15 is 0 Å². The minimum absolute atomic E-state index is 0.151. The number of benzene rings is 3. The highest BCUT2D eigenvalue weighted by molar-refractivity contribution is 6.05. The lowest BCUT2D eigenvalue weighted by Crippen LogP contribution is -2.38. The van der Waals surface area contributed by atoms with Crippen LogP contribution >= 0.6 is 0 Å². The Kier molecular flexibility index (Phi) is 8.81. The zero-order valence-electron chi connectivity index (χ0n) is 23.2. The summed E-state index contributed by atoms with van der Waals surface area (Å²) in [4.78, 5) is 42.9. The van der Waals surface area contributed by atoms with Gasteiger partial charge in [0.15, 0.2) is 5.76 Å². The molecule has 0 atom stereocenters. The Morgan fingerprint density at radius 2 is 1.60 bits per heavy atom. The Balaban J connectivity index is 1.32. The molecule has 3 aromatic carbocycles. The highest BCUT2D eigenvalue weighted by Crippen LogP contribution is 2.27. The van der Waals surface area contributed by atoms with Gasteiger partial charge in [0.05, 0.1) is 11.8 Å². The van der Waals surface area contributed by atoms with Crippen molar-refractivity contribution in [1.82, 2.24) is 10.2 Å². The minimum Gasteiger partial charge on any atom is -0.459 e. The van der Waals surface area contributed by atoms with E-state index in [1.165, 1.54) is 18.4 Å². The smallest absolute Gasteiger partial charge is 0.321 e. The first-order valence-electron chi connectivity index (χ1n) is 13.7. The topological polar surface area (TPSA) is 107 Å². The molecule has 4 amide bonds. The minimum atomic E-state index is -0.435. The summed E-state index contributed by atoms with van der Waals surface area (Å²) in [6, 6.07) is 21.7. The van der Waals surface area contributed by atoms with Crippen molar-refractivity contribution < 1.29 is 23.2 Å². The Hall–Kier alpha value is -5.12. The van der Waals surface area contributed by atoms with Gasteiger partial charge in [-0.05, 0) is 73.5 Å². The van der Waals surface area contributed by atoms with E-state index in [-0.39, 0.29) is 30.1 Å². The van der Waals surface area contributed by atoms with Crippen LogP contribution in [0.2, 0.25) is 0 Å². The van der Waals surface area contributed by atoms with Crippen LogP contribution < -0.4 is 20.9 Å². The highest BCUT2D eigenvalue weighted by atomic mass is 19.1. The number of anilines is 3. The van der Waals surface area contributed by atoms with Gasteiger partial charge in [0.1, 0.15) is 5.82 Å². The zero-order chi connectivity index (χ0) is 29.5. The maximum absolute atomic E-state index is 13.5. The fourth-order valence-corrected chi connectivity index (χ4v) is 4.75. The number of halogens is 1. The molecule has 0 aliphatic carbocycles. The molecule has 5 rings (SSSR count). The van der Waals surface area contributed by atoms with Gasteiger partial charge in [-0.25, -0.2) is 9.18 Å². The number of hydrogen-bond acceptors (Lipinski definition) is 5. The number of rotatable bonds is 7. The Morgan fingerprint density at radius 1 is 0.833 bits per heavy atom. The number of carbonyl (C=O) groups excluding carboxylic acids is 3. The van der Waals surface area contributed by atoms with E-state index in [2.05, 4.69) is 20.9 Å². The summed E-state index contributed by atoms with van der Waals surface area (Å²) in [5.41, 5.74) is 4.08. The first-order chi connectivity index (χ1) is 20.4. The van der Waals surface area contributed by atoms with Crippen LogP contribution in [0.15, 0.2) is 89.5 Å². The van der Waals surface area contributed by atoms with Crippen molar-refractivity contribution in [2.75, 3.05) is 41.7 Å². The summed E-state index contributed by atoms with van der Waals surface area (Å²) in [5.74, 6) is -0.981. The SMILES string of the molecule is Cc1ccc(NC(=O)N2CCCN(c3ccc(NC(=O)c4ccco4)cc3C(=O)NCc3ccc(F)cc3)CC2)cc1.